The highest BCUT2D eigenvalue weighted by Gasteiger charge is 1.95. The standard InChI is InChI=1S/C10H13NO2S/c1-8(4-10(12)13)5-11-6-9-2-3-14-7-9/h2-4,7,11H,5-6H2,1H3,(H,12,13)/b8-4-. The lowest BCUT2D eigenvalue weighted by atomic mass is 10.2. The van der Waals surface area contributed by atoms with Crippen LogP contribution in [0.5, 0.6) is 0 Å². The Morgan fingerprint density at radius 1 is 1.71 bits per heavy atom. The van der Waals surface area contributed by atoms with Crippen molar-refractivity contribution in [3.8, 4) is 0 Å². The molecule has 1 aromatic rings. The summed E-state index contributed by atoms with van der Waals surface area (Å²) in [5.41, 5.74) is 2.06. The highest BCUT2D eigenvalue weighted by atomic mass is 32.1. The highest BCUT2D eigenvalue weighted by Crippen LogP contribution is 2.04. The van der Waals surface area contributed by atoms with Gasteiger partial charge in [0.1, 0.15) is 0 Å². The van der Waals surface area contributed by atoms with Crippen molar-refractivity contribution in [3.05, 3.63) is 34.0 Å². The Labute approximate surface area is 87.1 Å². The van der Waals surface area contributed by atoms with Gasteiger partial charge in [0.25, 0.3) is 0 Å². The van der Waals surface area contributed by atoms with Crippen LogP contribution in [0.1, 0.15) is 12.5 Å². The lowest BCUT2D eigenvalue weighted by Crippen LogP contribution is -2.15. The van der Waals surface area contributed by atoms with Crippen LogP contribution < -0.4 is 5.32 Å². The Morgan fingerprint density at radius 3 is 3.07 bits per heavy atom. The number of rotatable bonds is 5. The van der Waals surface area contributed by atoms with Crippen LogP contribution in [-0.2, 0) is 11.3 Å². The fourth-order valence-corrected chi connectivity index (χ4v) is 1.73. The molecule has 76 valence electrons. The van der Waals surface area contributed by atoms with Gasteiger partial charge in [0.15, 0.2) is 0 Å². The van der Waals surface area contributed by atoms with Crippen molar-refractivity contribution < 1.29 is 9.90 Å². The van der Waals surface area contributed by atoms with E-state index in [2.05, 4.69) is 10.7 Å². The molecule has 4 heteroatoms. The summed E-state index contributed by atoms with van der Waals surface area (Å²) in [5, 5.41) is 15.7. The number of thiophene rings is 1. The van der Waals surface area contributed by atoms with Crippen LogP contribution in [-0.4, -0.2) is 17.6 Å². The average molecular weight is 211 g/mol. The van der Waals surface area contributed by atoms with Crippen molar-refractivity contribution >= 4 is 17.3 Å². The second kappa shape index (κ2) is 5.57. The van der Waals surface area contributed by atoms with E-state index in [1.54, 1.807) is 18.3 Å². The average Bonchev–Trinajstić information content (AvgIpc) is 2.55. The van der Waals surface area contributed by atoms with Gasteiger partial charge in [-0.05, 0) is 29.3 Å². The summed E-state index contributed by atoms with van der Waals surface area (Å²) in [4.78, 5) is 10.3. The number of carbonyl (C=O) groups is 1. The largest absolute Gasteiger partial charge is 0.478 e. The molecule has 0 atom stereocenters. The number of carboxylic acids is 1. The molecule has 3 nitrogen and oxygen atoms in total. The monoisotopic (exact) mass is 211 g/mol. The molecule has 0 saturated heterocycles. The normalized spacial score (nSPS) is 11.6. The molecule has 14 heavy (non-hydrogen) atoms. The quantitative estimate of drug-likeness (QED) is 0.731. The molecular formula is C10H13NO2S. The minimum absolute atomic E-state index is 0.613. The van der Waals surface area contributed by atoms with Crippen molar-refractivity contribution in [2.24, 2.45) is 0 Å². The molecule has 0 spiro atoms. The van der Waals surface area contributed by atoms with E-state index in [-0.39, 0.29) is 0 Å². The zero-order valence-electron chi connectivity index (χ0n) is 7.99. The summed E-state index contributed by atoms with van der Waals surface area (Å²) in [6.45, 7) is 3.20. The highest BCUT2D eigenvalue weighted by molar-refractivity contribution is 7.07. The molecule has 0 unspecified atom stereocenters. The summed E-state index contributed by atoms with van der Waals surface area (Å²) in [6.07, 6.45) is 1.22. The maximum Gasteiger partial charge on any atom is 0.328 e. The van der Waals surface area contributed by atoms with Gasteiger partial charge in [0.05, 0.1) is 0 Å². The number of carboxylic acid groups (broad SMARTS) is 1. The van der Waals surface area contributed by atoms with Gasteiger partial charge in [0, 0.05) is 19.2 Å². The molecule has 0 bridgehead atoms. The molecule has 1 aromatic heterocycles. The fraction of sp³-hybridized carbons (Fsp3) is 0.300. The molecule has 0 saturated carbocycles. The van der Waals surface area contributed by atoms with Crippen molar-refractivity contribution in [2.75, 3.05) is 6.54 Å². The van der Waals surface area contributed by atoms with Crippen LogP contribution in [0.2, 0.25) is 0 Å². The van der Waals surface area contributed by atoms with Gasteiger partial charge in [-0.15, -0.1) is 0 Å². The van der Waals surface area contributed by atoms with Crippen LogP contribution in [0.4, 0.5) is 0 Å². The zero-order valence-corrected chi connectivity index (χ0v) is 8.80. The van der Waals surface area contributed by atoms with Crippen LogP contribution in [0.25, 0.3) is 0 Å². The SMILES string of the molecule is C/C(=C/C(=O)O)CNCc1ccsc1. The third-order valence-electron chi connectivity index (χ3n) is 1.68. The molecule has 1 heterocycles. The first kappa shape index (κ1) is 10.9. The predicted molar refractivity (Wildman–Crippen MR) is 57.4 cm³/mol. The summed E-state index contributed by atoms with van der Waals surface area (Å²) in [7, 11) is 0. The second-order valence-corrected chi connectivity index (χ2v) is 3.84. The fourth-order valence-electron chi connectivity index (χ4n) is 1.06. The molecule has 0 radical (unpaired) electrons. The molecule has 0 aromatic carbocycles. The maximum absolute atomic E-state index is 10.3. The van der Waals surface area contributed by atoms with E-state index in [1.165, 1.54) is 11.6 Å². The summed E-state index contributed by atoms with van der Waals surface area (Å²) >= 11 is 1.66. The first-order chi connectivity index (χ1) is 6.68. The molecule has 0 amide bonds. The van der Waals surface area contributed by atoms with E-state index in [0.29, 0.717) is 6.54 Å². The third-order valence-corrected chi connectivity index (χ3v) is 2.41. The Bertz CT molecular complexity index is 317. The number of hydrogen-bond acceptors (Lipinski definition) is 3. The van der Waals surface area contributed by atoms with Gasteiger partial charge < -0.3 is 10.4 Å². The zero-order chi connectivity index (χ0) is 10.4. The van der Waals surface area contributed by atoms with Gasteiger partial charge in [-0.1, -0.05) is 5.57 Å². The summed E-state index contributed by atoms with van der Waals surface area (Å²) in [6, 6.07) is 2.05. The third kappa shape index (κ3) is 4.20. The Hall–Kier alpha value is -1.13. The van der Waals surface area contributed by atoms with Crippen molar-refractivity contribution in [1.29, 1.82) is 0 Å². The van der Waals surface area contributed by atoms with E-state index in [4.69, 9.17) is 5.11 Å². The Kier molecular flexibility index (Phi) is 4.35. The van der Waals surface area contributed by atoms with Crippen molar-refractivity contribution in [3.63, 3.8) is 0 Å². The van der Waals surface area contributed by atoms with Gasteiger partial charge in [-0.25, -0.2) is 4.79 Å². The molecule has 1 rings (SSSR count). The van der Waals surface area contributed by atoms with Crippen LogP contribution in [0.15, 0.2) is 28.5 Å². The Balaban J connectivity index is 2.25. The lowest BCUT2D eigenvalue weighted by molar-refractivity contribution is -0.131. The minimum Gasteiger partial charge on any atom is -0.478 e. The van der Waals surface area contributed by atoms with E-state index >= 15 is 0 Å². The van der Waals surface area contributed by atoms with E-state index in [9.17, 15) is 4.79 Å². The van der Waals surface area contributed by atoms with Crippen LogP contribution in [0, 0.1) is 0 Å². The van der Waals surface area contributed by atoms with Gasteiger partial charge in [0.2, 0.25) is 0 Å². The van der Waals surface area contributed by atoms with Gasteiger partial charge >= 0.3 is 5.97 Å². The van der Waals surface area contributed by atoms with Crippen LogP contribution in [0.3, 0.4) is 0 Å². The topological polar surface area (TPSA) is 49.3 Å². The molecule has 0 aliphatic carbocycles. The number of hydrogen-bond donors (Lipinski definition) is 2. The van der Waals surface area contributed by atoms with E-state index in [0.717, 1.165) is 12.1 Å². The van der Waals surface area contributed by atoms with Gasteiger partial charge in [-0.2, -0.15) is 11.3 Å². The lowest BCUT2D eigenvalue weighted by Gasteiger charge is -2.02. The molecular weight excluding hydrogens is 198 g/mol. The van der Waals surface area contributed by atoms with Crippen LogP contribution >= 0.6 is 11.3 Å². The number of aliphatic carboxylic acids is 1. The van der Waals surface area contributed by atoms with E-state index in [1.807, 2.05) is 11.4 Å². The molecule has 0 aliphatic heterocycles. The molecule has 2 N–H and O–H groups in total. The predicted octanol–water partition coefficient (Wildman–Crippen LogP) is 1.87. The summed E-state index contributed by atoms with van der Waals surface area (Å²) < 4.78 is 0. The first-order valence-electron chi connectivity index (χ1n) is 4.30. The molecule has 0 aliphatic rings. The summed E-state index contributed by atoms with van der Waals surface area (Å²) in [5.74, 6) is -0.889. The van der Waals surface area contributed by atoms with Gasteiger partial charge in [-0.3, -0.25) is 0 Å². The maximum atomic E-state index is 10.3. The van der Waals surface area contributed by atoms with Crippen molar-refractivity contribution in [1.82, 2.24) is 5.32 Å². The first-order valence-corrected chi connectivity index (χ1v) is 5.24. The minimum atomic E-state index is -0.889. The van der Waals surface area contributed by atoms with Crippen molar-refractivity contribution in [2.45, 2.75) is 13.5 Å². The smallest absolute Gasteiger partial charge is 0.328 e. The van der Waals surface area contributed by atoms with E-state index < -0.39 is 5.97 Å². The second-order valence-electron chi connectivity index (χ2n) is 3.06. The molecule has 0 fully saturated rings. The number of nitrogens with one attached hydrogen (secondary N) is 1. The Morgan fingerprint density at radius 2 is 2.50 bits per heavy atom.